The molecule has 0 saturated carbocycles. The molecule has 0 aliphatic carbocycles. The van der Waals surface area contributed by atoms with E-state index in [4.69, 9.17) is 59.0 Å². The highest BCUT2D eigenvalue weighted by molar-refractivity contribution is 6.17. The average molecular weight is 800 g/mol. The zero-order valence-corrected chi connectivity index (χ0v) is 35.4. The van der Waals surface area contributed by atoms with Crippen LogP contribution in [0.2, 0.25) is 0 Å². The van der Waals surface area contributed by atoms with Crippen LogP contribution >= 0.6 is 11.6 Å². The van der Waals surface area contributed by atoms with Crippen LogP contribution in [0.15, 0.2) is 0 Å². The molecule has 0 aromatic rings. The first-order chi connectivity index (χ1) is 26.8. The normalized spacial score (nSPS) is 11.5. The van der Waals surface area contributed by atoms with E-state index in [1.165, 1.54) is 96.3 Å². The van der Waals surface area contributed by atoms with Crippen molar-refractivity contribution in [3.63, 3.8) is 0 Å². The van der Waals surface area contributed by atoms with E-state index in [0.29, 0.717) is 125 Å². The van der Waals surface area contributed by atoms with Gasteiger partial charge in [-0.05, 0) is 19.3 Å². The third kappa shape index (κ3) is 49.4. The largest absolute Gasteiger partial charge is 0.463 e. The predicted molar refractivity (Wildman–Crippen MR) is 217 cm³/mol. The molecule has 0 N–H and O–H groups in total. The number of alkyl halides is 1. The monoisotopic (exact) mass is 799 g/mol. The molecule has 0 heterocycles. The molecule has 0 aromatic carbocycles. The highest BCUT2D eigenvalue weighted by Gasteiger charge is 2.03. The number of rotatable bonds is 49. The van der Waals surface area contributed by atoms with E-state index < -0.39 is 0 Å². The van der Waals surface area contributed by atoms with E-state index in [1.807, 2.05) is 0 Å². The quantitative estimate of drug-likeness (QED) is 0.0335. The van der Waals surface area contributed by atoms with E-state index in [-0.39, 0.29) is 5.97 Å². The summed E-state index contributed by atoms with van der Waals surface area (Å²) in [5, 5.41) is 0. The van der Waals surface area contributed by atoms with Crippen LogP contribution in [-0.2, 0) is 52.2 Å². The van der Waals surface area contributed by atoms with Gasteiger partial charge in [-0.1, -0.05) is 110 Å². The summed E-state index contributed by atoms with van der Waals surface area (Å²) in [7, 11) is 0. The van der Waals surface area contributed by atoms with E-state index >= 15 is 0 Å². The summed E-state index contributed by atoms with van der Waals surface area (Å²) < 4.78 is 54.8. The number of unbranched alkanes of at least 4 members (excludes halogenated alkanes) is 17. The summed E-state index contributed by atoms with van der Waals surface area (Å²) in [6, 6.07) is 0. The molecule has 0 aliphatic heterocycles. The standard InChI is InChI=1S/C42H83ClO11/c1-2-3-4-5-6-7-8-9-10-11-12-13-14-15-18-21-42(44)54-41-40-53-39-38-52-37-36-51-35-34-50-33-32-49-31-30-48-29-28-47-27-26-46-25-24-45-23-20-17-16-19-22-43/h2-41H2,1H3. The van der Waals surface area contributed by atoms with Gasteiger partial charge in [-0.3, -0.25) is 4.79 Å². The van der Waals surface area contributed by atoms with Crippen LogP contribution in [0.3, 0.4) is 0 Å². The number of hydrogen-bond donors (Lipinski definition) is 0. The summed E-state index contributed by atoms with van der Waals surface area (Å²) in [5.41, 5.74) is 0. The first-order valence-electron chi connectivity index (χ1n) is 21.7. The summed E-state index contributed by atoms with van der Waals surface area (Å²) >= 11 is 5.66. The molecule has 0 spiro atoms. The predicted octanol–water partition coefficient (Wildman–Crippen LogP) is 8.74. The smallest absolute Gasteiger partial charge is 0.305 e. The lowest BCUT2D eigenvalue weighted by atomic mass is 10.0. The molecular formula is C42H83ClO11. The van der Waals surface area contributed by atoms with Crippen molar-refractivity contribution in [3.8, 4) is 0 Å². The number of carbonyl (C=O) groups excluding carboxylic acids is 1. The number of esters is 1. The molecule has 0 radical (unpaired) electrons. The maximum absolute atomic E-state index is 11.9. The van der Waals surface area contributed by atoms with Gasteiger partial charge in [0.05, 0.1) is 112 Å². The molecule has 12 heteroatoms. The van der Waals surface area contributed by atoms with Gasteiger partial charge in [0, 0.05) is 18.9 Å². The number of halogens is 1. The third-order valence-electron chi connectivity index (χ3n) is 8.62. The maximum Gasteiger partial charge on any atom is 0.305 e. The second-order valence-electron chi connectivity index (χ2n) is 13.5. The fraction of sp³-hybridized carbons (Fsp3) is 0.976. The molecule has 0 rings (SSSR count). The Labute approximate surface area is 335 Å². The second-order valence-corrected chi connectivity index (χ2v) is 13.9. The molecule has 0 bridgehead atoms. The number of hydrogen-bond acceptors (Lipinski definition) is 11. The molecule has 54 heavy (non-hydrogen) atoms. The van der Waals surface area contributed by atoms with Gasteiger partial charge < -0.3 is 47.4 Å². The Morgan fingerprint density at radius 1 is 0.315 bits per heavy atom. The van der Waals surface area contributed by atoms with Crippen molar-refractivity contribution < 1.29 is 52.2 Å². The Balaban J connectivity index is 3.12. The zero-order valence-electron chi connectivity index (χ0n) is 34.7. The van der Waals surface area contributed by atoms with Crippen LogP contribution in [0.25, 0.3) is 0 Å². The third-order valence-corrected chi connectivity index (χ3v) is 8.89. The van der Waals surface area contributed by atoms with Crippen molar-refractivity contribution in [1.82, 2.24) is 0 Å². The minimum Gasteiger partial charge on any atom is -0.463 e. The van der Waals surface area contributed by atoms with Crippen LogP contribution in [0, 0.1) is 0 Å². The van der Waals surface area contributed by atoms with Gasteiger partial charge in [0.25, 0.3) is 0 Å². The lowest BCUT2D eigenvalue weighted by molar-refractivity contribution is -0.145. The summed E-state index contributed by atoms with van der Waals surface area (Å²) in [4.78, 5) is 11.9. The van der Waals surface area contributed by atoms with Gasteiger partial charge in [0.2, 0.25) is 0 Å². The Kier molecular flexibility index (Phi) is 49.9. The van der Waals surface area contributed by atoms with Crippen LogP contribution in [0.4, 0.5) is 0 Å². The minimum atomic E-state index is -0.128. The maximum atomic E-state index is 11.9. The van der Waals surface area contributed by atoms with Crippen molar-refractivity contribution in [2.24, 2.45) is 0 Å². The fourth-order valence-electron chi connectivity index (χ4n) is 5.44. The Hall–Kier alpha value is -0.600. The van der Waals surface area contributed by atoms with Crippen LogP contribution in [0.1, 0.15) is 135 Å². The van der Waals surface area contributed by atoms with Crippen LogP contribution in [0.5, 0.6) is 0 Å². The Bertz CT molecular complexity index is 693. The number of ether oxygens (including phenoxy) is 10. The SMILES string of the molecule is CCCCCCCCCCCCCCCCCC(=O)OCCOCCOCCOCCOCCOCCOCCOCCOCCOCCCCCCCl. The average Bonchev–Trinajstić information content (AvgIpc) is 3.18. The van der Waals surface area contributed by atoms with E-state index in [9.17, 15) is 4.79 Å². The lowest BCUT2D eigenvalue weighted by Gasteiger charge is -2.09. The van der Waals surface area contributed by atoms with Crippen molar-refractivity contribution in [2.75, 3.05) is 131 Å². The molecular weight excluding hydrogens is 716 g/mol. The topological polar surface area (TPSA) is 109 Å². The van der Waals surface area contributed by atoms with Crippen LogP contribution < -0.4 is 0 Å². The van der Waals surface area contributed by atoms with E-state index in [2.05, 4.69) is 6.92 Å². The van der Waals surface area contributed by atoms with Crippen molar-refractivity contribution in [1.29, 1.82) is 0 Å². The second kappa shape index (κ2) is 50.4. The van der Waals surface area contributed by atoms with Gasteiger partial charge >= 0.3 is 5.97 Å². The van der Waals surface area contributed by atoms with Gasteiger partial charge in [-0.2, -0.15) is 0 Å². The van der Waals surface area contributed by atoms with Gasteiger partial charge in [0.1, 0.15) is 6.61 Å². The first kappa shape index (κ1) is 53.4. The molecule has 0 saturated heterocycles. The molecule has 324 valence electrons. The van der Waals surface area contributed by atoms with E-state index in [1.54, 1.807) is 0 Å². The molecule has 0 aromatic heterocycles. The summed E-state index contributed by atoms with van der Waals surface area (Å²) in [6.07, 6.45) is 24.7. The van der Waals surface area contributed by atoms with Crippen molar-refractivity contribution in [2.45, 2.75) is 135 Å². The number of carbonyl (C=O) groups is 1. The van der Waals surface area contributed by atoms with E-state index in [0.717, 1.165) is 38.2 Å². The van der Waals surface area contributed by atoms with Gasteiger partial charge in [-0.15, -0.1) is 11.6 Å². The molecule has 0 amide bonds. The minimum absolute atomic E-state index is 0.128. The highest BCUT2D eigenvalue weighted by Crippen LogP contribution is 2.14. The highest BCUT2D eigenvalue weighted by atomic mass is 35.5. The molecule has 11 nitrogen and oxygen atoms in total. The Morgan fingerprint density at radius 3 is 0.907 bits per heavy atom. The molecule has 0 fully saturated rings. The van der Waals surface area contributed by atoms with Gasteiger partial charge in [-0.25, -0.2) is 0 Å². The van der Waals surface area contributed by atoms with Crippen molar-refractivity contribution in [3.05, 3.63) is 0 Å². The molecule has 0 atom stereocenters. The fourth-order valence-corrected chi connectivity index (χ4v) is 5.63. The molecule has 0 unspecified atom stereocenters. The lowest BCUT2D eigenvalue weighted by Crippen LogP contribution is -2.15. The Morgan fingerprint density at radius 2 is 0.574 bits per heavy atom. The van der Waals surface area contributed by atoms with Gasteiger partial charge in [0.15, 0.2) is 0 Å². The van der Waals surface area contributed by atoms with Crippen LogP contribution in [-0.4, -0.2) is 137 Å². The first-order valence-corrected chi connectivity index (χ1v) is 22.3. The van der Waals surface area contributed by atoms with Crippen molar-refractivity contribution >= 4 is 17.6 Å². The molecule has 0 aliphatic rings. The zero-order chi connectivity index (χ0) is 38.9. The summed E-state index contributed by atoms with van der Waals surface area (Å²) in [6.45, 7) is 12.1. The summed E-state index contributed by atoms with van der Waals surface area (Å²) in [5.74, 6) is 0.615.